The molecule has 2 unspecified atom stereocenters. The lowest BCUT2D eigenvalue weighted by Crippen LogP contribution is -2.46. The molecule has 2 heterocycles. The van der Waals surface area contributed by atoms with Crippen molar-refractivity contribution in [3.63, 3.8) is 0 Å². The minimum atomic E-state index is -0.401. The minimum absolute atomic E-state index is 0.0297. The van der Waals surface area contributed by atoms with Crippen molar-refractivity contribution in [2.45, 2.75) is 31.4 Å². The lowest BCUT2D eigenvalue weighted by molar-refractivity contribution is -0.384. The van der Waals surface area contributed by atoms with E-state index in [2.05, 4.69) is 5.10 Å². The first kappa shape index (κ1) is 14.7. The quantitative estimate of drug-likeness (QED) is 0.646. The van der Waals surface area contributed by atoms with Crippen LogP contribution in [-0.2, 0) is 11.8 Å². The predicted molar refractivity (Wildman–Crippen MR) is 74.7 cm³/mol. The van der Waals surface area contributed by atoms with Gasteiger partial charge in [-0.15, -0.1) is 0 Å². The molecule has 1 aromatic heterocycles. The minimum Gasteiger partial charge on any atom is -0.377 e. The van der Waals surface area contributed by atoms with Crippen LogP contribution >= 0.6 is 0 Å². The Morgan fingerprint density at radius 2 is 2.30 bits per heavy atom. The summed E-state index contributed by atoms with van der Waals surface area (Å²) in [5.74, 6) is 0.530. The van der Waals surface area contributed by atoms with Crippen molar-refractivity contribution in [1.82, 2.24) is 9.78 Å². The van der Waals surface area contributed by atoms with Gasteiger partial charge in [-0.25, -0.2) is 4.68 Å². The molecule has 20 heavy (non-hydrogen) atoms. The molecule has 112 valence electrons. The van der Waals surface area contributed by atoms with E-state index < -0.39 is 10.5 Å². The van der Waals surface area contributed by atoms with E-state index in [9.17, 15) is 10.1 Å². The highest BCUT2D eigenvalue weighted by atomic mass is 16.6. The largest absolute Gasteiger partial charge is 0.377 e. The molecule has 1 aliphatic rings. The van der Waals surface area contributed by atoms with Gasteiger partial charge >= 0.3 is 5.69 Å². The Bertz CT molecular complexity index is 503. The third kappa shape index (κ3) is 2.48. The Hall–Kier alpha value is -1.67. The van der Waals surface area contributed by atoms with Gasteiger partial charge in [-0.05, 0) is 19.8 Å². The Kier molecular flexibility index (Phi) is 3.96. The second-order valence-corrected chi connectivity index (χ2v) is 5.38. The Balaban J connectivity index is 2.27. The van der Waals surface area contributed by atoms with Crippen LogP contribution in [0.15, 0.2) is 6.20 Å². The zero-order valence-corrected chi connectivity index (χ0v) is 12.1. The molecule has 0 aliphatic carbocycles. The number of hydrogen-bond acceptors (Lipinski definition) is 6. The van der Waals surface area contributed by atoms with Gasteiger partial charge in [0, 0.05) is 33.3 Å². The number of aromatic nitrogens is 2. The Morgan fingerprint density at radius 3 is 2.90 bits per heavy atom. The molecule has 2 atom stereocenters. The summed E-state index contributed by atoms with van der Waals surface area (Å²) in [5, 5.41) is 15.1. The molecule has 0 saturated carbocycles. The molecule has 8 heteroatoms. The fraction of sp³-hybridized carbons (Fsp3) is 0.750. The fourth-order valence-corrected chi connectivity index (χ4v) is 2.63. The molecule has 0 spiro atoms. The first-order valence-corrected chi connectivity index (χ1v) is 6.61. The van der Waals surface area contributed by atoms with E-state index in [0.717, 1.165) is 0 Å². The summed E-state index contributed by atoms with van der Waals surface area (Å²) in [6.45, 7) is 3.29. The number of methoxy groups -OCH3 is 1. The van der Waals surface area contributed by atoms with Crippen LogP contribution in [0.5, 0.6) is 0 Å². The molecule has 1 saturated heterocycles. The number of nitro groups is 1. The van der Waals surface area contributed by atoms with Crippen molar-refractivity contribution in [3.05, 3.63) is 16.3 Å². The topological polar surface area (TPSA) is 99.5 Å². The summed E-state index contributed by atoms with van der Waals surface area (Å²) in [7, 11) is 3.37. The predicted octanol–water partition coefficient (Wildman–Crippen LogP) is 0.661. The lowest BCUT2D eigenvalue weighted by Gasteiger charge is -2.32. The smallest absolute Gasteiger partial charge is 0.331 e. The molecule has 2 rings (SSSR count). The molecule has 0 aromatic carbocycles. The molecule has 1 aliphatic heterocycles. The molecular formula is C12H21N5O3. The second kappa shape index (κ2) is 5.37. The monoisotopic (exact) mass is 283 g/mol. The van der Waals surface area contributed by atoms with Crippen molar-refractivity contribution >= 4 is 11.5 Å². The van der Waals surface area contributed by atoms with E-state index in [-0.39, 0.29) is 11.7 Å². The second-order valence-electron chi connectivity index (χ2n) is 5.38. The number of nitrogens with zero attached hydrogens (tertiary/aromatic N) is 4. The van der Waals surface area contributed by atoms with Crippen LogP contribution in [0, 0.1) is 10.1 Å². The highest BCUT2D eigenvalue weighted by molar-refractivity contribution is 5.57. The Morgan fingerprint density at radius 1 is 1.60 bits per heavy atom. The highest BCUT2D eigenvalue weighted by Crippen LogP contribution is 2.31. The molecular weight excluding hydrogens is 262 g/mol. The van der Waals surface area contributed by atoms with Crippen LogP contribution in [0.3, 0.4) is 0 Å². The molecule has 0 radical (unpaired) electrons. The number of aryl methyl sites for hydroxylation is 1. The van der Waals surface area contributed by atoms with Gasteiger partial charge in [0.25, 0.3) is 0 Å². The summed E-state index contributed by atoms with van der Waals surface area (Å²) >= 11 is 0. The SMILES string of the molecule is COC1(C)CCN(c2c([N+](=O)[O-])cnn2C)CCC1N. The standard InChI is InChI=1S/C12H21N5O3/c1-12(20-3)5-7-16(6-4-10(12)13)11-9(17(18)19)8-14-15(11)2/h8,10H,4-7,13H2,1-3H3. The van der Waals surface area contributed by atoms with Gasteiger partial charge in [0.15, 0.2) is 0 Å². The number of nitrogens with two attached hydrogens (primary N) is 1. The molecule has 2 N–H and O–H groups in total. The third-order valence-electron chi connectivity index (χ3n) is 4.22. The number of ether oxygens (including phenoxy) is 1. The number of anilines is 1. The van der Waals surface area contributed by atoms with E-state index in [1.54, 1.807) is 18.8 Å². The van der Waals surface area contributed by atoms with E-state index in [1.807, 2.05) is 11.8 Å². The summed E-state index contributed by atoms with van der Waals surface area (Å²) in [6, 6.07) is -0.0928. The van der Waals surface area contributed by atoms with Crippen molar-refractivity contribution in [2.75, 3.05) is 25.1 Å². The van der Waals surface area contributed by atoms with E-state index in [4.69, 9.17) is 10.5 Å². The van der Waals surface area contributed by atoms with Gasteiger partial charge < -0.3 is 15.4 Å². The zero-order valence-electron chi connectivity index (χ0n) is 12.1. The van der Waals surface area contributed by atoms with Crippen molar-refractivity contribution in [2.24, 2.45) is 12.8 Å². The lowest BCUT2D eigenvalue weighted by atomic mass is 9.92. The fourth-order valence-electron chi connectivity index (χ4n) is 2.63. The van der Waals surface area contributed by atoms with Crippen LogP contribution < -0.4 is 10.6 Å². The zero-order chi connectivity index (χ0) is 14.9. The van der Waals surface area contributed by atoms with E-state index >= 15 is 0 Å². The van der Waals surface area contributed by atoms with Gasteiger partial charge in [0.05, 0.1) is 10.5 Å². The molecule has 8 nitrogen and oxygen atoms in total. The van der Waals surface area contributed by atoms with Crippen molar-refractivity contribution in [3.8, 4) is 0 Å². The third-order valence-corrected chi connectivity index (χ3v) is 4.22. The average molecular weight is 283 g/mol. The molecule has 0 amide bonds. The molecule has 1 fully saturated rings. The van der Waals surface area contributed by atoms with E-state index in [1.165, 1.54) is 6.20 Å². The normalized spacial score (nSPS) is 27.4. The highest BCUT2D eigenvalue weighted by Gasteiger charge is 2.36. The van der Waals surface area contributed by atoms with Crippen LogP contribution in [-0.4, -0.2) is 46.5 Å². The molecule has 1 aromatic rings. The summed E-state index contributed by atoms with van der Waals surface area (Å²) in [4.78, 5) is 12.7. The number of rotatable bonds is 3. The summed E-state index contributed by atoms with van der Waals surface area (Å²) < 4.78 is 7.08. The van der Waals surface area contributed by atoms with Gasteiger partial charge in [0.2, 0.25) is 5.82 Å². The first-order chi connectivity index (χ1) is 9.39. The van der Waals surface area contributed by atoms with Crippen LogP contribution in [0.25, 0.3) is 0 Å². The first-order valence-electron chi connectivity index (χ1n) is 6.61. The number of hydrogen-bond donors (Lipinski definition) is 1. The summed E-state index contributed by atoms with van der Waals surface area (Å²) in [6.07, 6.45) is 2.72. The summed E-state index contributed by atoms with van der Waals surface area (Å²) in [5.41, 5.74) is 5.80. The van der Waals surface area contributed by atoms with Crippen molar-refractivity contribution < 1.29 is 9.66 Å². The van der Waals surface area contributed by atoms with Crippen LogP contribution in [0.1, 0.15) is 19.8 Å². The van der Waals surface area contributed by atoms with Gasteiger partial charge in [-0.2, -0.15) is 5.10 Å². The van der Waals surface area contributed by atoms with Crippen LogP contribution in [0.4, 0.5) is 11.5 Å². The van der Waals surface area contributed by atoms with Crippen LogP contribution in [0.2, 0.25) is 0 Å². The average Bonchev–Trinajstić information content (AvgIpc) is 2.73. The Labute approximate surface area is 117 Å². The van der Waals surface area contributed by atoms with E-state index in [0.29, 0.717) is 31.7 Å². The molecule has 0 bridgehead atoms. The van der Waals surface area contributed by atoms with Gasteiger partial charge in [-0.1, -0.05) is 0 Å². The van der Waals surface area contributed by atoms with Gasteiger partial charge in [0.1, 0.15) is 6.20 Å². The maximum atomic E-state index is 11.1. The maximum absolute atomic E-state index is 11.1. The van der Waals surface area contributed by atoms with Crippen molar-refractivity contribution in [1.29, 1.82) is 0 Å². The maximum Gasteiger partial charge on any atom is 0.331 e. The van der Waals surface area contributed by atoms with Gasteiger partial charge in [-0.3, -0.25) is 10.1 Å².